The van der Waals surface area contributed by atoms with Gasteiger partial charge in [-0.1, -0.05) is 121 Å². The third kappa shape index (κ3) is 3.45. The zero-order chi connectivity index (χ0) is 27.6. The van der Waals surface area contributed by atoms with Crippen molar-refractivity contribution in [1.82, 2.24) is 9.97 Å². The van der Waals surface area contributed by atoms with E-state index in [0.29, 0.717) is 0 Å². The second-order valence-electron chi connectivity index (χ2n) is 11.0. The summed E-state index contributed by atoms with van der Waals surface area (Å²) in [5.41, 5.74) is 5.75. The third-order valence-corrected chi connectivity index (χ3v) is 8.59. The third-order valence-electron chi connectivity index (χ3n) is 8.59. The first-order valence-corrected chi connectivity index (χ1v) is 14.3. The van der Waals surface area contributed by atoms with Crippen molar-refractivity contribution in [3.8, 4) is 22.5 Å². The van der Waals surface area contributed by atoms with Gasteiger partial charge in [0.2, 0.25) is 0 Å². The fourth-order valence-corrected chi connectivity index (χ4v) is 6.61. The van der Waals surface area contributed by atoms with E-state index in [9.17, 15) is 0 Å². The maximum atomic E-state index is 5.33. The molecule has 0 aliphatic rings. The maximum Gasteiger partial charge on any atom is 0.0979 e. The lowest BCUT2D eigenvalue weighted by atomic mass is 9.89. The second-order valence-corrected chi connectivity index (χ2v) is 11.0. The van der Waals surface area contributed by atoms with Gasteiger partial charge in [-0.3, -0.25) is 0 Å². The van der Waals surface area contributed by atoms with Crippen LogP contribution in [0.25, 0.3) is 87.4 Å². The van der Waals surface area contributed by atoms with Crippen LogP contribution in [0.5, 0.6) is 0 Å². The molecule has 0 aliphatic carbocycles. The van der Waals surface area contributed by atoms with Gasteiger partial charge in [0.1, 0.15) is 0 Å². The minimum Gasteiger partial charge on any atom is -0.244 e. The van der Waals surface area contributed by atoms with Crippen LogP contribution in [-0.4, -0.2) is 9.97 Å². The summed E-state index contributed by atoms with van der Waals surface area (Å²) in [6, 6.07) is 52.0. The summed E-state index contributed by atoms with van der Waals surface area (Å²) in [4.78, 5) is 10.6. The number of para-hydroxylation sites is 2. The molecule has 0 saturated heterocycles. The Morgan fingerprint density at radius 1 is 0.333 bits per heavy atom. The normalized spacial score (nSPS) is 11.8. The van der Waals surface area contributed by atoms with Crippen LogP contribution in [0.2, 0.25) is 0 Å². The summed E-state index contributed by atoms with van der Waals surface area (Å²) >= 11 is 0. The monoisotopic (exact) mass is 532 g/mol. The Kier molecular flexibility index (Phi) is 4.93. The predicted molar refractivity (Wildman–Crippen MR) is 178 cm³/mol. The maximum absolute atomic E-state index is 5.33. The van der Waals surface area contributed by atoms with Gasteiger partial charge in [0.25, 0.3) is 0 Å². The lowest BCUT2D eigenvalue weighted by Gasteiger charge is -2.17. The Bertz CT molecular complexity index is 2530. The van der Waals surface area contributed by atoms with Crippen LogP contribution in [0.4, 0.5) is 0 Å². The van der Waals surface area contributed by atoms with E-state index in [1.165, 1.54) is 53.9 Å². The van der Waals surface area contributed by atoms with Crippen molar-refractivity contribution in [2.24, 2.45) is 0 Å². The van der Waals surface area contributed by atoms with Gasteiger partial charge >= 0.3 is 0 Å². The molecule has 0 spiro atoms. The standard InChI is InChI=1S/C40H24N2/c1-2-11-27-23-29(18-17-25(27)9-1)39-40(42-37-16-8-7-15-36(37)41-39)35-24-28-12-4-6-14-31(28)38-33-20-19-26-10-3-5-13-30(26)32(33)21-22-34(35)38/h1-24H. The predicted octanol–water partition coefficient (Wildman–Crippen LogP) is 10.7. The largest absolute Gasteiger partial charge is 0.244 e. The number of aromatic nitrogens is 2. The Labute approximate surface area is 242 Å². The molecule has 0 N–H and O–H groups in total. The number of fused-ring (bicyclic) bond motifs is 9. The molecule has 0 fully saturated rings. The first kappa shape index (κ1) is 23.1. The Morgan fingerprint density at radius 2 is 0.929 bits per heavy atom. The zero-order valence-corrected chi connectivity index (χ0v) is 22.8. The van der Waals surface area contributed by atoms with Crippen molar-refractivity contribution in [1.29, 1.82) is 0 Å². The summed E-state index contributed by atoms with van der Waals surface area (Å²) in [7, 11) is 0. The smallest absolute Gasteiger partial charge is 0.0979 e. The van der Waals surface area contributed by atoms with Gasteiger partial charge in [-0.15, -0.1) is 0 Å². The van der Waals surface area contributed by atoms with Gasteiger partial charge in [-0.05, 0) is 78.1 Å². The Balaban J connectivity index is 1.43. The SMILES string of the molecule is c1ccc2cc(-c3nc4ccccc4nc3-c3cc4ccccc4c4c3ccc3c5ccccc5ccc34)ccc2c1. The molecule has 2 nitrogen and oxygen atoms in total. The van der Waals surface area contributed by atoms with Crippen molar-refractivity contribution in [3.05, 3.63) is 146 Å². The first-order chi connectivity index (χ1) is 20.8. The van der Waals surface area contributed by atoms with Crippen LogP contribution in [0.3, 0.4) is 0 Å². The highest BCUT2D eigenvalue weighted by Gasteiger charge is 2.19. The van der Waals surface area contributed by atoms with E-state index in [4.69, 9.17) is 9.97 Å². The summed E-state index contributed by atoms with van der Waals surface area (Å²) < 4.78 is 0. The Hall–Kier alpha value is -5.60. The average Bonchev–Trinajstić information content (AvgIpc) is 3.06. The summed E-state index contributed by atoms with van der Waals surface area (Å²) in [6.07, 6.45) is 0. The van der Waals surface area contributed by atoms with Crippen molar-refractivity contribution >= 4 is 64.9 Å². The van der Waals surface area contributed by atoms with Gasteiger partial charge in [-0.25, -0.2) is 9.97 Å². The van der Waals surface area contributed by atoms with E-state index in [0.717, 1.165) is 33.5 Å². The van der Waals surface area contributed by atoms with Crippen LogP contribution < -0.4 is 0 Å². The number of hydrogen-bond acceptors (Lipinski definition) is 2. The molecular weight excluding hydrogens is 508 g/mol. The number of benzene rings is 8. The van der Waals surface area contributed by atoms with Crippen LogP contribution in [0, 0.1) is 0 Å². The zero-order valence-electron chi connectivity index (χ0n) is 22.8. The van der Waals surface area contributed by atoms with Gasteiger partial charge < -0.3 is 0 Å². The van der Waals surface area contributed by atoms with Crippen molar-refractivity contribution in [3.63, 3.8) is 0 Å². The molecular formula is C40H24N2. The van der Waals surface area contributed by atoms with Crippen LogP contribution in [0.1, 0.15) is 0 Å². The van der Waals surface area contributed by atoms with Crippen molar-refractivity contribution < 1.29 is 0 Å². The lowest BCUT2D eigenvalue weighted by Crippen LogP contribution is -1.97. The Morgan fingerprint density at radius 3 is 1.76 bits per heavy atom. The first-order valence-electron chi connectivity index (χ1n) is 14.3. The van der Waals surface area contributed by atoms with Crippen LogP contribution >= 0.6 is 0 Å². The minimum atomic E-state index is 0.894. The molecule has 2 heteroatoms. The van der Waals surface area contributed by atoms with E-state index >= 15 is 0 Å². The summed E-state index contributed by atoms with van der Waals surface area (Å²) in [6.45, 7) is 0. The molecule has 42 heavy (non-hydrogen) atoms. The van der Waals surface area contributed by atoms with Crippen LogP contribution in [-0.2, 0) is 0 Å². The lowest BCUT2D eigenvalue weighted by molar-refractivity contribution is 1.30. The molecule has 8 aromatic carbocycles. The van der Waals surface area contributed by atoms with E-state index in [-0.39, 0.29) is 0 Å². The van der Waals surface area contributed by atoms with Gasteiger partial charge in [0, 0.05) is 11.1 Å². The fourth-order valence-electron chi connectivity index (χ4n) is 6.61. The van der Waals surface area contributed by atoms with E-state index in [1.54, 1.807) is 0 Å². The number of rotatable bonds is 2. The average molecular weight is 533 g/mol. The molecule has 0 unspecified atom stereocenters. The topological polar surface area (TPSA) is 25.8 Å². The highest BCUT2D eigenvalue weighted by Crippen LogP contribution is 2.42. The van der Waals surface area contributed by atoms with Crippen molar-refractivity contribution in [2.75, 3.05) is 0 Å². The van der Waals surface area contributed by atoms with Gasteiger partial charge in [-0.2, -0.15) is 0 Å². The molecule has 0 amide bonds. The highest BCUT2D eigenvalue weighted by atomic mass is 14.8. The van der Waals surface area contributed by atoms with E-state index in [2.05, 4.69) is 127 Å². The molecule has 0 saturated carbocycles. The van der Waals surface area contributed by atoms with Gasteiger partial charge in [0.15, 0.2) is 0 Å². The second kappa shape index (κ2) is 8.95. The van der Waals surface area contributed by atoms with E-state index < -0.39 is 0 Å². The molecule has 9 rings (SSSR count). The summed E-state index contributed by atoms with van der Waals surface area (Å²) in [5.74, 6) is 0. The highest BCUT2D eigenvalue weighted by molar-refractivity contribution is 6.27. The number of hydrogen-bond donors (Lipinski definition) is 0. The molecule has 0 bridgehead atoms. The molecule has 0 radical (unpaired) electrons. The van der Waals surface area contributed by atoms with Crippen molar-refractivity contribution in [2.45, 2.75) is 0 Å². The quantitative estimate of drug-likeness (QED) is 0.207. The molecule has 1 aromatic heterocycles. The molecule has 194 valence electrons. The van der Waals surface area contributed by atoms with E-state index in [1.807, 2.05) is 18.2 Å². The molecule has 1 heterocycles. The molecule has 9 aromatic rings. The van der Waals surface area contributed by atoms with Crippen LogP contribution in [0.15, 0.2) is 146 Å². The molecule has 0 atom stereocenters. The minimum absolute atomic E-state index is 0.894. The van der Waals surface area contributed by atoms with Gasteiger partial charge in [0.05, 0.1) is 22.4 Å². The number of nitrogens with zero attached hydrogens (tertiary/aromatic N) is 2. The fraction of sp³-hybridized carbons (Fsp3) is 0. The summed E-state index contributed by atoms with van der Waals surface area (Å²) in [5, 5.41) is 12.3. The molecule has 0 aliphatic heterocycles.